The quantitative estimate of drug-likeness (QED) is 0.0162. The summed E-state index contributed by atoms with van der Waals surface area (Å²) in [4.78, 5) is 64.7. The number of aliphatic hydroxyl groups excluding tert-OH is 6. The summed E-state index contributed by atoms with van der Waals surface area (Å²) in [5, 5.41) is 66.1. The summed E-state index contributed by atoms with van der Waals surface area (Å²) in [6.45, 7) is 1.52. The van der Waals surface area contributed by atoms with Gasteiger partial charge in [-0.3, -0.25) is 4.79 Å². The summed E-state index contributed by atoms with van der Waals surface area (Å²) in [7, 11) is 1.42. The summed E-state index contributed by atoms with van der Waals surface area (Å²) in [5.41, 5.74) is 0. The van der Waals surface area contributed by atoms with E-state index in [9.17, 15) is 33.9 Å². The number of esters is 3. The van der Waals surface area contributed by atoms with Crippen molar-refractivity contribution in [2.45, 2.75) is 19.1 Å². The number of hydrogen-bond donors (Lipinski definition) is 8. The molecule has 0 heterocycles. The first-order valence-corrected chi connectivity index (χ1v) is 19.1. The van der Waals surface area contributed by atoms with Crippen LogP contribution in [0, 0.1) is 0 Å². The number of carboxylic acid groups (broad SMARTS) is 2. The van der Waals surface area contributed by atoms with Gasteiger partial charge in [0.25, 0.3) is 0 Å². The van der Waals surface area contributed by atoms with Crippen molar-refractivity contribution in [3.63, 3.8) is 0 Å². The minimum atomic E-state index is -1.06. The van der Waals surface area contributed by atoms with E-state index in [-0.39, 0.29) is 138 Å². The van der Waals surface area contributed by atoms with Gasteiger partial charge in [-0.2, -0.15) is 0 Å². The third-order valence-corrected chi connectivity index (χ3v) is 5.57. The monoisotopic (exact) mass is 932 g/mol. The van der Waals surface area contributed by atoms with Gasteiger partial charge in [-0.05, 0) is 6.92 Å². The van der Waals surface area contributed by atoms with E-state index in [1.54, 1.807) is 0 Å². The number of ketones is 1. The second kappa shape index (κ2) is 54.5. The molecule has 0 bridgehead atoms. The highest BCUT2D eigenvalue weighted by atomic mass is 16.6. The average molecular weight is 933 g/mol. The van der Waals surface area contributed by atoms with E-state index in [4.69, 9.17) is 87.9 Å². The van der Waals surface area contributed by atoms with Crippen molar-refractivity contribution in [1.82, 2.24) is 0 Å². The molecule has 0 rings (SSSR count). The van der Waals surface area contributed by atoms with Gasteiger partial charge in [0.05, 0.1) is 112 Å². The zero-order valence-electron chi connectivity index (χ0n) is 35.9. The average Bonchev–Trinajstić information content (AvgIpc) is 3.24. The molecule has 1 unspecified atom stereocenters. The van der Waals surface area contributed by atoms with Crippen LogP contribution in [-0.2, 0) is 90.3 Å². The second-order valence-corrected chi connectivity index (χ2v) is 11.3. The van der Waals surface area contributed by atoms with Crippen molar-refractivity contribution in [3.05, 3.63) is 0 Å². The molecule has 0 radical (unpaired) electrons. The molecule has 0 spiro atoms. The maximum absolute atomic E-state index is 11.5. The maximum atomic E-state index is 11.5. The fraction of sp³-hybridized carbons (Fsp3) is 0.833. The lowest BCUT2D eigenvalue weighted by Gasteiger charge is -2.10. The Kier molecular flexibility index (Phi) is 57.1. The molecule has 8 N–H and O–H groups in total. The molecule has 0 aromatic rings. The number of carbonyl (C=O) groups excluding carboxylic acids is 4. The number of Topliss-reactive ketones (excluding diaryl/α,β-unsaturated/α-hetero) is 1. The Balaban J connectivity index is -0.000000498. The SMILES string of the molecule is COCC(O)COC(=O)COCCOCC(=O)OCCOCCOC(=O)COCCOCC(C)=O.O=C(O)COCCOCC(=O)O.OCC(O)CO.OCCOCCOCCO. The molecule has 27 nitrogen and oxygen atoms in total. The third-order valence-electron chi connectivity index (χ3n) is 5.57. The summed E-state index contributed by atoms with van der Waals surface area (Å²) < 4.78 is 63.3. The zero-order valence-corrected chi connectivity index (χ0v) is 35.9. The molecular weight excluding hydrogens is 864 g/mol. The van der Waals surface area contributed by atoms with Gasteiger partial charge in [0.15, 0.2) is 5.78 Å². The van der Waals surface area contributed by atoms with E-state index in [1.165, 1.54) is 14.0 Å². The number of hydrogen-bond acceptors (Lipinski definition) is 25. The van der Waals surface area contributed by atoms with Crippen LogP contribution in [0.15, 0.2) is 0 Å². The topological polar surface area (TPSA) is 384 Å². The molecule has 0 fully saturated rings. The predicted molar refractivity (Wildman–Crippen MR) is 208 cm³/mol. The van der Waals surface area contributed by atoms with Crippen LogP contribution in [0.3, 0.4) is 0 Å². The van der Waals surface area contributed by atoms with E-state index in [2.05, 4.69) is 9.47 Å². The fourth-order valence-corrected chi connectivity index (χ4v) is 2.95. The first-order chi connectivity index (χ1) is 30.2. The standard InChI is InChI=1S/C21H36O14.C6H10O6.C6H14O4.C3H8O3/c1-17(22)11-29-3-4-30-14-19(24)33-9-7-28-8-10-34-20(25)15-31-5-6-32-16-21(26)35-13-18(23)12-27-2;7-5(8)3-11-1-2-12-4-6(9)10;7-1-3-9-5-6-10-4-2-8;4-1-3(6)2-5/h18,23H,3-16H2,1-2H3;1-4H2,(H,7,8)(H,9,10);7-8H,1-6H2;3-6H,1-2H2. The van der Waals surface area contributed by atoms with Crippen LogP contribution < -0.4 is 0 Å². The third kappa shape index (κ3) is 67.6. The highest BCUT2D eigenvalue weighted by Crippen LogP contribution is 1.91. The van der Waals surface area contributed by atoms with Crippen molar-refractivity contribution in [2.24, 2.45) is 0 Å². The van der Waals surface area contributed by atoms with Crippen molar-refractivity contribution in [2.75, 3.05) is 179 Å². The number of aliphatic carboxylic acids is 2. The summed E-state index contributed by atoms with van der Waals surface area (Å²) in [6.07, 6.45) is -1.85. The van der Waals surface area contributed by atoms with Gasteiger partial charge < -0.3 is 102 Å². The van der Waals surface area contributed by atoms with Crippen molar-refractivity contribution in [1.29, 1.82) is 0 Å². The lowest BCUT2D eigenvalue weighted by atomic mass is 10.4. The van der Waals surface area contributed by atoms with Gasteiger partial charge in [-0.1, -0.05) is 0 Å². The minimum absolute atomic E-state index is 0.00320. The summed E-state index contributed by atoms with van der Waals surface area (Å²) in [6, 6.07) is 0. The van der Waals surface area contributed by atoms with Gasteiger partial charge >= 0.3 is 29.8 Å². The number of carbonyl (C=O) groups is 6. The summed E-state index contributed by atoms with van der Waals surface area (Å²) in [5.74, 6) is -4.03. The lowest BCUT2D eigenvalue weighted by molar-refractivity contribution is -0.156. The minimum Gasteiger partial charge on any atom is -0.480 e. The van der Waals surface area contributed by atoms with Gasteiger partial charge in [-0.15, -0.1) is 0 Å². The van der Waals surface area contributed by atoms with Crippen molar-refractivity contribution in [3.8, 4) is 0 Å². The maximum Gasteiger partial charge on any atom is 0.332 e. The molecule has 1 atom stereocenters. The van der Waals surface area contributed by atoms with Crippen LogP contribution in [0.1, 0.15) is 6.92 Å². The normalized spacial score (nSPS) is 10.9. The van der Waals surface area contributed by atoms with Crippen LogP contribution in [0.5, 0.6) is 0 Å². The first-order valence-electron chi connectivity index (χ1n) is 19.1. The molecule has 27 heteroatoms. The van der Waals surface area contributed by atoms with Crippen molar-refractivity contribution < 1.29 is 131 Å². The number of ether oxygens (including phenoxy) is 13. The van der Waals surface area contributed by atoms with Gasteiger partial charge in [0.2, 0.25) is 0 Å². The van der Waals surface area contributed by atoms with Gasteiger partial charge in [-0.25, -0.2) is 24.0 Å². The smallest absolute Gasteiger partial charge is 0.332 e. The number of methoxy groups -OCH3 is 1. The Bertz CT molecular complexity index is 1040. The molecule has 0 saturated carbocycles. The van der Waals surface area contributed by atoms with Crippen LogP contribution in [0.2, 0.25) is 0 Å². The van der Waals surface area contributed by atoms with Crippen LogP contribution in [0.25, 0.3) is 0 Å². The van der Waals surface area contributed by atoms with Crippen molar-refractivity contribution >= 4 is 35.6 Å². The number of aliphatic hydroxyl groups is 6. The molecular formula is C36H68O27. The summed E-state index contributed by atoms with van der Waals surface area (Å²) >= 11 is 0. The Morgan fingerprint density at radius 3 is 1.03 bits per heavy atom. The Morgan fingerprint density at radius 1 is 0.397 bits per heavy atom. The Morgan fingerprint density at radius 2 is 0.714 bits per heavy atom. The number of carboxylic acids is 2. The Labute approximate surface area is 364 Å². The van der Waals surface area contributed by atoms with Gasteiger partial charge in [0, 0.05) is 7.11 Å². The van der Waals surface area contributed by atoms with Gasteiger partial charge in [0.1, 0.15) is 71.7 Å². The largest absolute Gasteiger partial charge is 0.480 e. The second-order valence-electron chi connectivity index (χ2n) is 11.3. The number of rotatable bonds is 40. The van der Waals surface area contributed by atoms with Crippen LogP contribution >= 0.6 is 0 Å². The Hall–Kier alpha value is -3.62. The van der Waals surface area contributed by atoms with E-state index < -0.39 is 55.3 Å². The van der Waals surface area contributed by atoms with E-state index in [0.29, 0.717) is 26.4 Å². The molecule has 0 aliphatic heterocycles. The molecule has 0 aromatic carbocycles. The zero-order chi connectivity index (χ0) is 48.2. The molecule has 0 aromatic heterocycles. The molecule has 0 aliphatic rings. The van der Waals surface area contributed by atoms with Crippen LogP contribution in [0.4, 0.5) is 0 Å². The molecule has 0 amide bonds. The molecule has 0 aliphatic carbocycles. The highest BCUT2D eigenvalue weighted by molar-refractivity contribution is 5.76. The van der Waals surface area contributed by atoms with E-state index in [0.717, 1.165) is 0 Å². The van der Waals surface area contributed by atoms with E-state index >= 15 is 0 Å². The molecule has 0 saturated heterocycles. The van der Waals surface area contributed by atoms with E-state index in [1.807, 2.05) is 0 Å². The first kappa shape index (κ1) is 66.0. The van der Waals surface area contributed by atoms with Crippen LogP contribution in [-0.4, -0.2) is 268 Å². The lowest BCUT2D eigenvalue weighted by Crippen LogP contribution is -2.25. The fourth-order valence-electron chi connectivity index (χ4n) is 2.95. The predicted octanol–water partition coefficient (Wildman–Crippen LogP) is -5.18. The highest BCUT2D eigenvalue weighted by Gasteiger charge is 2.09. The molecule has 374 valence electrons. The molecule has 63 heavy (non-hydrogen) atoms.